The monoisotopic (exact) mass is 424 g/mol. The van der Waals surface area contributed by atoms with Crippen molar-refractivity contribution < 1.29 is 14.3 Å². The van der Waals surface area contributed by atoms with E-state index in [-0.39, 0.29) is 0 Å². The zero-order valence-corrected chi connectivity index (χ0v) is 19.6. The number of oxime groups is 1. The van der Waals surface area contributed by atoms with Gasteiger partial charge in [0.1, 0.15) is 30.9 Å². The molecule has 2 aromatic rings. The second kappa shape index (κ2) is 13.5. The van der Waals surface area contributed by atoms with E-state index in [0.717, 1.165) is 60.0 Å². The molecule has 0 spiro atoms. The van der Waals surface area contributed by atoms with Crippen molar-refractivity contribution in [2.24, 2.45) is 5.16 Å². The van der Waals surface area contributed by atoms with E-state index in [2.05, 4.69) is 43.0 Å². The summed E-state index contributed by atoms with van der Waals surface area (Å²) in [7, 11) is 1.59. The minimum absolute atomic E-state index is 0.583. The predicted octanol–water partition coefficient (Wildman–Crippen LogP) is 5.40. The quantitative estimate of drug-likeness (QED) is 0.187. The van der Waals surface area contributed by atoms with Crippen LogP contribution in [0.2, 0.25) is 0 Å². The Hall–Kier alpha value is -2.79. The lowest BCUT2D eigenvalue weighted by Crippen LogP contribution is -2.32. The van der Waals surface area contributed by atoms with Crippen molar-refractivity contribution in [1.29, 1.82) is 0 Å². The number of allylic oxidation sites excluding steroid dienone is 1. The molecule has 0 bridgehead atoms. The maximum Gasteiger partial charge on any atom is 0.125 e. The van der Waals surface area contributed by atoms with E-state index in [1.807, 2.05) is 49.4 Å². The predicted molar refractivity (Wildman–Crippen MR) is 128 cm³/mol. The van der Waals surface area contributed by atoms with E-state index >= 15 is 0 Å². The molecule has 0 aliphatic rings. The van der Waals surface area contributed by atoms with Gasteiger partial charge in [-0.25, -0.2) is 0 Å². The Bertz CT molecular complexity index is 824. The van der Waals surface area contributed by atoms with Gasteiger partial charge in [-0.1, -0.05) is 54.6 Å². The van der Waals surface area contributed by atoms with Gasteiger partial charge in [-0.2, -0.15) is 0 Å². The van der Waals surface area contributed by atoms with E-state index < -0.39 is 0 Å². The van der Waals surface area contributed by atoms with Crippen LogP contribution in [0.25, 0.3) is 0 Å². The Morgan fingerprint density at radius 2 is 1.77 bits per heavy atom. The number of likely N-dealkylation sites (N-methyl/N-ethyl adjacent to an activating group) is 1. The van der Waals surface area contributed by atoms with Crippen LogP contribution in [0.4, 0.5) is 0 Å². The molecule has 0 radical (unpaired) electrons. The molecule has 0 fully saturated rings. The average molecular weight is 425 g/mol. The summed E-state index contributed by atoms with van der Waals surface area (Å²) < 4.78 is 11.9. The number of hydrogen-bond donors (Lipinski definition) is 0. The third-order valence-electron chi connectivity index (χ3n) is 5.01. The van der Waals surface area contributed by atoms with E-state index in [1.165, 1.54) is 0 Å². The second-order valence-electron chi connectivity index (χ2n) is 7.42. The number of benzene rings is 2. The van der Waals surface area contributed by atoms with Crippen LogP contribution in [0.5, 0.6) is 11.5 Å². The molecule has 0 atom stereocenters. The maximum absolute atomic E-state index is 6.13. The summed E-state index contributed by atoms with van der Waals surface area (Å²) in [5.41, 5.74) is 4.22. The van der Waals surface area contributed by atoms with Crippen LogP contribution in [0.15, 0.2) is 59.8 Å². The molecule has 0 aliphatic heterocycles. The third-order valence-corrected chi connectivity index (χ3v) is 5.01. The highest BCUT2D eigenvalue weighted by Gasteiger charge is 2.11. The molecule has 0 unspecified atom stereocenters. The highest BCUT2D eigenvalue weighted by Crippen LogP contribution is 2.28. The molecular weight excluding hydrogens is 388 g/mol. The molecule has 0 aromatic heterocycles. The van der Waals surface area contributed by atoms with Crippen LogP contribution in [0.3, 0.4) is 0 Å². The molecule has 2 aromatic carbocycles. The fourth-order valence-corrected chi connectivity index (χ4v) is 3.40. The first-order valence-corrected chi connectivity index (χ1v) is 10.9. The highest BCUT2D eigenvalue weighted by atomic mass is 16.6. The Labute approximate surface area is 187 Å². The van der Waals surface area contributed by atoms with Crippen LogP contribution >= 0.6 is 0 Å². The van der Waals surface area contributed by atoms with E-state index in [0.29, 0.717) is 13.2 Å². The van der Waals surface area contributed by atoms with Gasteiger partial charge in [-0.05, 0) is 57.0 Å². The molecule has 0 saturated heterocycles. The van der Waals surface area contributed by atoms with Gasteiger partial charge in [0.05, 0.1) is 6.61 Å². The van der Waals surface area contributed by atoms with Crippen molar-refractivity contribution in [3.63, 3.8) is 0 Å². The van der Waals surface area contributed by atoms with Gasteiger partial charge in [0.25, 0.3) is 0 Å². The first-order valence-electron chi connectivity index (χ1n) is 10.9. The van der Waals surface area contributed by atoms with Crippen molar-refractivity contribution in [2.75, 3.05) is 40.0 Å². The van der Waals surface area contributed by atoms with E-state index in [4.69, 9.17) is 14.3 Å². The Kier molecular flexibility index (Phi) is 10.7. The summed E-state index contributed by atoms with van der Waals surface area (Å²) in [6.07, 6.45) is 4.91. The largest absolute Gasteiger partial charge is 0.493 e. The lowest BCUT2D eigenvalue weighted by molar-refractivity contribution is 0.209. The summed E-state index contributed by atoms with van der Waals surface area (Å²) in [5.74, 6) is 1.83. The normalized spacial score (nSPS) is 11.9. The first kappa shape index (κ1) is 24.5. The van der Waals surface area contributed by atoms with Crippen molar-refractivity contribution in [2.45, 2.75) is 34.1 Å². The van der Waals surface area contributed by atoms with Crippen molar-refractivity contribution >= 4 is 5.71 Å². The van der Waals surface area contributed by atoms with Crippen LogP contribution < -0.4 is 9.47 Å². The Morgan fingerprint density at radius 3 is 2.39 bits per heavy atom. The number of aryl methyl sites for hydroxylation is 2. The van der Waals surface area contributed by atoms with E-state index in [9.17, 15) is 0 Å². The summed E-state index contributed by atoms with van der Waals surface area (Å²) in [4.78, 5) is 7.43. The van der Waals surface area contributed by atoms with Gasteiger partial charge in [-0.15, -0.1) is 0 Å². The molecule has 2 rings (SSSR count). The minimum atomic E-state index is 0.583. The second-order valence-corrected chi connectivity index (χ2v) is 7.42. The molecule has 31 heavy (non-hydrogen) atoms. The standard InChI is InChI=1S/C26H36N2O3/c1-6-8-16-30-24-18-21(3)26(22(4)19-24)31-17-12-15-28(7-2)20-25(27-29-5)23-13-10-9-11-14-23/h6,8-11,13-14,18-19H,7,12,15-17,20H2,1-5H3/b8-6+,27-25?. The molecule has 0 heterocycles. The minimum Gasteiger partial charge on any atom is -0.493 e. The van der Waals surface area contributed by atoms with Crippen molar-refractivity contribution in [3.05, 3.63) is 71.3 Å². The smallest absolute Gasteiger partial charge is 0.125 e. The molecule has 0 saturated carbocycles. The average Bonchev–Trinajstić information content (AvgIpc) is 2.77. The fourth-order valence-electron chi connectivity index (χ4n) is 3.40. The lowest BCUT2D eigenvalue weighted by Gasteiger charge is -2.21. The highest BCUT2D eigenvalue weighted by molar-refractivity contribution is 6.01. The topological polar surface area (TPSA) is 43.3 Å². The van der Waals surface area contributed by atoms with Crippen LogP contribution in [-0.4, -0.2) is 50.6 Å². The van der Waals surface area contributed by atoms with Gasteiger partial charge in [0.2, 0.25) is 0 Å². The maximum atomic E-state index is 6.13. The zero-order valence-electron chi connectivity index (χ0n) is 19.6. The van der Waals surface area contributed by atoms with Crippen molar-refractivity contribution in [3.8, 4) is 11.5 Å². The molecule has 5 heteroatoms. The van der Waals surface area contributed by atoms with Crippen molar-refractivity contribution in [1.82, 2.24) is 4.90 Å². The molecule has 0 N–H and O–H groups in total. The number of nitrogens with zero attached hydrogens (tertiary/aromatic N) is 2. The number of ether oxygens (including phenoxy) is 2. The number of hydrogen-bond acceptors (Lipinski definition) is 5. The first-order chi connectivity index (χ1) is 15.1. The summed E-state index contributed by atoms with van der Waals surface area (Å²) in [5, 5.41) is 4.24. The summed E-state index contributed by atoms with van der Waals surface area (Å²) in [6.45, 7) is 12.1. The molecule has 5 nitrogen and oxygen atoms in total. The zero-order chi connectivity index (χ0) is 22.5. The SMILES string of the molecule is C/C=C/COc1cc(C)c(OCCCN(CC)CC(=NOC)c2ccccc2)c(C)c1. The Balaban J connectivity index is 1.88. The molecular formula is C26H36N2O3. The Morgan fingerprint density at radius 1 is 1.06 bits per heavy atom. The van der Waals surface area contributed by atoms with Gasteiger partial charge in [0, 0.05) is 18.7 Å². The molecule has 168 valence electrons. The number of rotatable bonds is 13. The van der Waals surface area contributed by atoms with E-state index in [1.54, 1.807) is 7.11 Å². The molecule has 0 amide bonds. The fraction of sp³-hybridized carbons (Fsp3) is 0.423. The summed E-state index contributed by atoms with van der Waals surface area (Å²) in [6, 6.07) is 14.2. The third kappa shape index (κ3) is 8.10. The van der Waals surface area contributed by atoms with Crippen LogP contribution in [0.1, 0.15) is 37.0 Å². The van der Waals surface area contributed by atoms with Gasteiger partial charge < -0.3 is 14.3 Å². The lowest BCUT2D eigenvalue weighted by atomic mass is 10.1. The van der Waals surface area contributed by atoms with Gasteiger partial charge >= 0.3 is 0 Å². The van der Waals surface area contributed by atoms with Gasteiger partial charge in [-0.3, -0.25) is 4.90 Å². The molecule has 0 aliphatic carbocycles. The van der Waals surface area contributed by atoms with Crippen LogP contribution in [0, 0.1) is 13.8 Å². The summed E-state index contributed by atoms with van der Waals surface area (Å²) >= 11 is 0. The van der Waals surface area contributed by atoms with Gasteiger partial charge in [0.15, 0.2) is 0 Å². The van der Waals surface area contributed by atoms with Crippen LogP contribution in [-0.2, 0) is 4.84 Å².